The van der Waals surface area contributed by atoms with Gasteiger partial charge in [-0.2, -0.15) is 0 Å². The number of nitrogens with zero attached hydrogens (tertiary/aromatic N) is 2. The molecular weight excluding hydrogens is 382 g/mol. The molecule has 0 aromatic carbocycles. The molecule has 0 aliphatic heterocycles. The van der Waals surface area contributed by atoms with Gasteiger partial charge in [0.05, 0.1) is 26.2 Å². The third kappa shape index (κ3) is 27.9. The molecule has 4 N–H and O–H groups in total. The first-order valence-corrected chi connectivity index (χ1v) is 6.13. The molecule has 138 valence electrons. The minimum Gasteiger partial charge on any atom is -0.652 e. The van der Waals surface area contributed by atoms with E-state index in [2.05, 4.69) is 0 Å². The summed E-state index contributed by atoms with van der Waals surface area (Å²) in [6.45, 7) is -2.25. The van der Waals surface area contributed by atoms with E-state index in [1.807, 2.05) is 0 Å². The fourth-order valence-corrected chi connectivity index (χ4v) is 1.48. The molecule has 0 amide bonds. The first kappa shape index (κ1) is 32.7. The fraction of sp³-hybridized carbons (Fsp3) is 0.545. The summed E-state index contributed by atoms with van der Waals surface area (Å²) in [6.07, 6.45) is -2.33. The van der Waals surface area contributed by atoms with E-state index >= 15 is 0 Å². The van der Waals surface area contributed by atoms with Crippen molar-refractivity contribution in [3.05, 3.63) is 0 Å². The second-order valence-electron chi connectivity index (χ2n) is 4.25. The van der Waals surface area contributed by atoms with E-state index in [9.17, 15) is 19.2 Å². The van der Waals surface area contributed by atoms with E-state index in [-0.39, 0.29) is 72.2 Å². The van der Waals surface area contributed by atoms with Crippen molar-refractivity contribution in [1.82, 2.24) is 9.80 Å². The molecule has 0 fully saturated rings. The van der Waals surface area contributed by atoms with Crippen LogP contribution in [-0.2, 0) is 19.2 Å². The molecule has 0 atom stereocenters. The fourth-order valence-electron chi connectivity index (χ4n) is 1.48. The maximum Gasteiger partial charge on any atom is 1.00 e. The van der Waals surface area contributed by atoms with Gasteiger partial charge < -0.3 is 35.4 Å². The predicted molar refractivity (Wildman–Crippen MR) is 68.8 cm³/mol. The summed E-state index contributed by atoms with van der Waals surface area (Å²) in [4.78, 5) is 52.7. The van der Waals surface area contributed by atoms with E-state index in [0.29, 0.717) is 0 Å². The van der Waals surface area contributed by atoms with Crippen molar-refractivity contribution >= 4 is 30.0 Å². The van der Waals surface area contributed by atoms with Gasteiger partial charge in [-0.3, -0.25) is 29.0 Å². The second kappa shape index (κ2) is 18.8. The Bertz CT molecular complexity index is 403. The number of hydrogen-bond donors (Lipinski definition) is 4. The number of aliphatic carboxylic acids is 4. The Labute approximate surface area is 191 Å². The molecule has 0 saturated heterocycles. The Morgan fingerprint density at radius 1 is 0.577 bits per heavy atom. The number of carboxylic acid groups (broad SMARTS) is 6. The van der Waals surface area contributed by atoms with Gasteiger partial charge in [-0.15, -0.1) is 0 Å². The van der Waals surface area contributed by atoms with Crippen molar-refractivity contribution in [2.75, 3.05) is 39.3 Å². The average Bonchev–Trinajstić information content (AvgIpc) is 2.32. The maximum absolute atomic E-state index is 10.6. The number of hydrogen-bond acceptors (Lipinski definition) is 9. The van der Waals surface area contributed by atoms with Crippen LogP contribution in [0.15, 0.2) is 0 Å². The standard InChI is InChI=1S/C10H16N2O8.CH2O3.2Na/c13-7(14)3-11(4-8(15)16)1-2-12(5-9(17)18)6-10(19)20;2-1(3)4;;/h1-6H2,(H,13,14)(H,15,16)(H,17,18)(H,19,20);(H2,2,3,4);;/q;;2*+1/p-2. The van der Waals surface area contributed by atoms with E-state index < -0.39 is 56.2 Å². The summed E-state index contributed by atoms with van der Waals surface area (Å²) in [5.74, 6) is -4.91. The number of carboxylic acids is 4. The van der Waals surface area contributed by atoms with Gasteiger partial charge >= 0.3 is 83.0 Å². The normalized spacial score (nSPS) is 9.15. The molecule has 0 heterocycles. The van der Waals surface area contributed by atoms with Crippen molar-refractivity contribution < 1.29 is 114 Å². The van der Waals surface area contributed by atoms with E-state index in [4.69, 9.17) is 35.4 Å². The molecule has 0 aliphatic carbocycles. The molecule has 0 radical (unpaired) electrons. The van der Waals surface area contributed by atoms with Gasteiger partial charge in [0.15, 0.2) is 0 Å². The van der Waals surface area contributed by atoms with Crippen molar-refractivity contribution in [3.63, 3.8) is 0 Å². The van der Waals surface area contributed by atoms with Gasteiger partial charge in [0.1, 0.15) is 0 Å². The van der Waals surface area contributed by atoms with E-state index in [1.165, 1.54) is 0 Å². The van der Waals surface area contributed by atoms with Crippen LogP contribution < -0.4 is 69.3 Å². The minimum absolute atomic E-state index is 0. The summed E-state index contributed by atoms with van der Waals surface area (Å²) >= 11 is 0. The number of rotatable bonds is 11. The first-order valence-electron chi connectivity index (χ1n) is 6.13. The third-order valence-electron chi connectivity index (χ3n) is 2.17. The largest absolute Gasteiger partial charge is 1.00 e. The third-order valence-corrected chi connectivity index (χ3v) is 2.17. The van der Waals surface area contributed by atoms with Gasteiger partial charge in [-0.1, -0.05) is 0 Å². The van der Waals surface area contributed by atoms with Crippen molar-refractivity contribution in [2.24, 2.45) is 0 Å². The monoisotopic (exact) mass is 398 g/mol. The van der Waals surface area contributed by atoms with Crippen LogP contribution in [0.2, 0.25) is 0 Å². The van der Waals surface area contributed by atoms with Crippen LogP contribution in [0.4, 0.5) is 4.79 Å². The van der Waals surface area contributed by atoms with E-state index in [1.54, 1.807) is 0 Å². The van der Waals surface area contributed by atoms with Gasteiger partial charge in [0.25, 0.3) is 0 Å². The molecule has 0 rings (SSSR count). The summed E-state index contributed by atoms with van der Waals surface area (Å²) in [7, 11) is 0. The predicted octanol–water partition coefficient (Wildman–Crippen LogP) is -10.5. The number of carbonyl (C=O) groups excluding carboxylic acids is 1. The van der Waals surface area contributed by atoms with Crippen molar-refractivity contribution in [1.29, 1.82) is 0 Å². The first-order chi connectivity index (χ1) is 10.9. The van der Waals surface area contributed by atoms with Crippen LogP contribution in [0.5, 0.6) is 0 Å². The van der Waals surface area contributed by atoms with Crippen molar-refractivity contribution in [2.45, 2.75) is 0 Å². The van der Waals surface area contributed by atoms with Gasteiger partial charge in [-0.05, 0) is 6.16 Å². The molecular formula is C11H16N2Na2O11. The number of carbonyl (C=O) groups is 5. The molecule has 13 nitrogen and oxygen atoms in total. The summed E-state index contributed by atoms with van der Waals surface area (Å²) in [6, 6.07) is 0. The van der Waals surface area contributed by atoms with Gasteiger partial charge in [0, 0.05) is 13.1 Å². The smallest absolute Gasteiger partial charge is 0.652 e. The molecule has 0 unspecified atom stereocenters. The van der Waals surface area contributed by atoms with Crippen LogP contribution >= 0.6 is 0 Å². The van der Waals surface area contributed by atoms with Crippen LogP contribution in [0.3, 0.4) is 0 Å². The average molecular weight is 398 g/mol. The van der Waals surface area contributed by atoms with E-state index in [0.717, 1.165) is 9.80 Å². The quantitative estimate of drug-likeness (QED) is 0.238. The zero-order valence-electron chi connectivity index (χ0n) is 14.3. The van der Waals surface area contributed by atoms with Gasteiger partial charge in [0.2, 0.25) is 0 Å². The Kier molecular flexibility index (Phi) is 23.7. The molecule has 0 bridgehead atoms. The Hall–Kier alpha value is -0.930. The van der Waals surface area contributed by atoms with Crippen LogP contribution in [0.25, 0.3) is 0 Å². The van der Waals surface area contributed by atoms with Crippen LogP contribution in [0, 0.1) is 0 Å². The molecule has 15 heteroatoms. The molecule has 0 aliphatic rings. The Morgan fingerprint density at radius 3 is 0.846 bits per heavy atom. The summed E-state index contributed by atoms with van der Waals surface area (Å²) in [5, 5.41) is 51.1. The summed E-state index contributed by atoms with van der Waals surface area (Å²) in [5.41, 5.74) is 0. The molecule has 26 heavy (non-hydrogen) atoms. The Balaban J connectivity index is -0.000000363. The molecule has 0 saturated carbocycles. The topological polar surface area (TPSA) is 219 Å². The van der Waals surface area contributed by atoms with Crippen LogP contribution in [0.1, 0.15) is 0 Å². The molecule has 0 aromatic heterocycles. The maximum atomic E-state index is 10.6. The molecule has 0 spiro atoms. The zero-order chi connectivity index (χ0) is 19.3. The minimum atomic E-state index is -2.33. The Morgan fingerprint density at radius 2 is 0.731 bits per heavy atom. The second-order valence-corrected chi connectivity index (χ2v) is 4.25. The van der Waals surface area contributed by atoms with Crippen molar-refractivity contribution in [3.8, 4) is 0 Å². The van der Waals surface area contributed by atoms with Crippen LogP contribution in [-0.4, -0.2) is 99.5 Å². The van der Waals surface area contributed by atoms with Gasteiger partial charge in [-0.25, -0.2) is 0 Å². The summed E-state index contributed by atoms with van der Waals surface area (Å²) < 4.78 is 0. The SMILES string of the molecule is O=C(O)CN(CCN(CC(=O)O)CC(=O)O)CC(=O)O.O=C([O-])[O-].[Na+].[Na+]. The zero-order valence-corrected chi connectivity index (χ0v) is 18.3. The molecule has 0 aromatic rings.